The molecule has 5 heteroatoms. The number of halogens is 3. The molecular formula is C14H17ClFIN2. The molecule has 1 aromatic carbocycles. The van der Waals surface area contributed by atoms with Crippen LogP contribution in [0.3, 0.4) is 0 Å². The summed E-state index contributed by atoms with van der Waals surface area (Å²) < 4.78 is 16.5. The number of hydrogen-bond donors (Lipinski definition) is 0. The highest BCUT2D eigenvalue weighted by molar-refractivity contribution is 14.1. The molecule has 0 aliphatic heterocycles. The third-order valence-corrected chi connectivity index (χ3v) is 4.44. The van der Waals surface area contributed by atoms with E-state index in [0.717, 1.165) is 29.7 Å². The highest BCUT2D eigenvalue weighted by Crippen LogP contribution is 2.32. The van der Waals surface area contributed by atoms with Crippen molar-refractivity contribution in [1.82, 2.24) is 9.55 Å². The Labute approximate surface area is 131 Å². The van der Waals surface area contributed by atoms with Gasteiger partial charge in [-0.3, -0.25) is 0 Å². The van der Waals surface area contributed by atoms with Gasteiger partial charge in [0.1, 0.15) is 11.6 Å². The van der Waals surface area contributed by atoms with Crippen LogP contribution in [-0.4, -0.2) is 9.55 Å². The second-order valence-corrected chi connectivity index (χ2v) is 6.50. The topological polar surface area (TPSA) is 17.8 Å². The molecule has 0 N–H and O–H groups in total. The van der Waals surface area contributed by atoms with Gasteiger partial charge in [-0.15, -0.1) is 11.6 Å². The molecule has 0 aliphatic rings. The Morgan fingerprint density at radius 3 is 2.53 bits per heavy atom. The third kappa shape index (κ3) is 2.75. The Bertz CT molecular complexity index is 591. The largest absolute Gasteiger partial charge is 0.324 e. The minimum atomic E-state index is -0.200. The van der Waals surface area contributed by atoms with E-state index in [1.807, 2.05) is 29.5 Å². The van der Waals surface area contributed by atoms with Crippen LogP contribution in [0.4, 0.5) is 4.39 Å². The summed E-state index contributed by atoms with van der Waals surface area (Å²) in [5.74, 6) is 0.626. The Kier molecular flexibility index (Phi) is 4.71. The number of benzene rings is 1. The Balaban J connectivity index is 2.75. The standard InChI is InChI=1S/C14H17ClFIN2/c1-4-9(5-2)19-13-6-10(16)11(17)7-12(13)18-14(19)8(3)15/h6-9H,4-5H2,1-3H3. The van der Waals surface area contributed by atoms with E-state index in [0.29, 0.717) is 9.61 Å². The van der Waals surface area contributed by atoms with Crippen molar-refractivity contribution in [2.75, 3.05) is 0 Å². The molecule has 1 unspecified atom stereocenters. The van der Waals surface area contributed by atoms with Crippen LogP contribution in [0, 0.1) is 9.39 Å². The van der Waals surface area contributed by atoms with Crippen LogP contribution in [0.2, 0.25) is 0 Å². The third-order valence-electron chi connectivity index (χ3n) is 3.42. The quantitative estimate of drug-likeness (QED) is 0.499. The lowest BCUT2D eigenvalue weighted by molar-refractivity contribution is 0.466. The van der Waals surface area contributed by atoms with Crippen molar-refractivity contribution in [2.24, 2.45) is 0 Å². The van der Waals surface area contributed by atoms with E-state index in [-0.39, 0.29) is 11.2 Å². The molecule has 19 heavy (non-hydrogen) atoms. The molecule has 0 spiro atoms. The van der Waals surface area contributed by atoms with Gasteiger partial charge in [0, 0.05) is 12.1 Å². The SMILES string of the molecule is CCC(CC)n1c(C(C)Cl)nc2cc(I)c(F)cc21. The first kappa shape index (κ1) is 15.0. The lowest BCUT2D eigenvalue weighted by Gasteiger charge is -2.19. The van der Waals surface area contributed by atoms with Gasteiger partial charge in [0.2, 0.25) is 0 Å². The second kappa shape index (κ2) is 5.95. The fourth-order valence-corrected chi connectivity index (χ4v) is 3.03. The Morgan fingerprint density at radius 1 is 1.37 bits per heavy atom. The van der Waals surface area contributed by atoms with Crippen molar-refractivity contribution in [1.29, 1.82) is 0 Å². The normalized spacial score (nSPS) is 13.4. The second-order valence-electron chi connectivity index (χ2n) is 4.68. The summed E-state index contributed by atoms with van der Waals surface area (Å²) in [6, 6.07) is 3.67. The molecule has 1 atom stereocenters. The molecule has 2 rings (SSSR count). The maximum absolute atomic E-state index is 13.8. The molecule has 0 saturated heterocycles. The molecule has 1 heterocycles. The van der Waals surface area contributed by atoms with Crippen LogP contribution >= 0.6 is 34.2 Å². The summed E-state index contributed by atoms with van der Waals surface area (Å²) in [6.07, 6.45) is 1.96. The van der Waals surface area contributed by atoms with Gasteiger partial charge in [0.25, 0.3) is 0 Å². The van der Waals surface area contributed by atoms with Crippen LogP contribution in [0.15, 0.2) is 12.1 Å². The first-order chi connectivity index (χ1) is 8.99. The molecule has 0 saturated carbocycles. The van der Waals surface area contributed by atoms with E-state index >= 15 is 0 Å². The van der Waals surface area contributed by atoms with Gasteiger partial charge >= 0.3 is 0 Å². The van der Waals surface area contributed by atoms with Crippen LogP contribution in [0.1, 0.15) is 50.9 Å². The highest BCUT2D eigenvalue weighted by Gasteiger charge is 2.20. The van der Waals surface area contributed by atoms with Gasteiger partial charge < -0.3 is 4.57 Å². The maximum Gasteiger partial charge on any atom is 0.138 e. The first-order valence-corrected chi connectivity index (χ1v) is 8.02. The summed E-state index contributed by atoms with van der Waals surface area (Å²) in [4.78, 5) is 4.59. The minimum Gasteiger partial charge on any atom is -0.324 e. The lowest BCUT2D eigenvalue weighted by atomic mass is 10.1. The van der Waals surface area contributed by atoms with E-state index in [1.54, 1.807) is 12.1 Å². The van der Waals surface area contributed by atoms with E-state index < -0.39 is 0 Å². The zero-order valence-corrected chi connectivity index (χ0v) is 14.2. The summed E-state index contributed by atoms with van der Waals surface area (Å²) >= 11 is 8.23. The molecule has 104 valence electrons. The molecule has 0 fully saturated rings. The van der Waals surface area contributed by atoms with E-state index in [9.17, 15) is 4.39 Å². The monoisotopic (exact) mass is 394 g/mol. The number of hydrogen-bond acceptors (Lipinski definition) is 1. The van der Waals surface area contributed by atoms with Crippen molar-refractivity contribution < 1.29 is 4.39 Å². The highest BCUT2D eigenvalue weighted by atomic mass is 127. The number of rotatable bonds is 4. The predicted molar refractivity (Wildman–Crippen MR) is 86.3 cm³/mol. The first-order valence-electron chi connectivity index (χ1n) is 6.50. The molecule has 2 nitrogen and oxygen atoms in total. The van der Waals surface area contributed by atoms with Gasteiger partial charge in [-0.25, -0.2) is 9.37 Å². The van der Waals surface area contributed by atoms with Crippen LogP contribution in [0.25, 0.3) is 11.0 Å². The summed E-state index contributed by atoms with van der Waals surface area (Å²) in [5, 5.41) is -0.186. The molecule has 0 bridgehead atoms. The molecule has 0 amide bonds. The van der Waals surface area contributed by atoms with Crippen LogP contribution < -0.4 is 0 Å². The van der Waals surface area contributed by atoms with Crippen molar-refractivity contribution >= 4 is 45.2 Å². The van der Waals surface area contributed by atoms with Gasteiger partial charge in [-0.05, 0) is 48.4 Å². The van der Waals surface area contributed by atoms with Gasteiger partial charge in [-0.2, -0.15) is 0 Å². The fourth-order valence-electron chi connectivity index (χ4n) is 2.43. The number of nitrogens with zero attached hydrogens (tertiary/aromatic N) is 2. The Hall–Kier alpha value is -0.360. The number of alkyl halides is 1. The summed E-state index contributed by atoms with van der Waals surface area (Å²) in [6.45, 7) is 6.17. The zero-order valence-electron chi connectivity index (χ0n) is 11.3. The molecule has 1 aromatic heterocycles. The van der Waals surface area contributed by atoms with Gasteiger partial charge in [0.05, 0.1) is 20.0 Å². The Morgan fingerprint density at radius 2 is 2.00 bits per heavy atom. The van der Waals surface area contributed by atoms with E-state index in [1.165, 1.54) is 0 Å². The average molecular weight is 395 g/mol. The maximum atomic E-state index is 13.8. The van der Waals surface area contributed by atoms with Crippen molar-refractivity contribution in [2.45, 2.75) is 45.0 Å². The molecule has 0 radical (unpaired) electrons. The van der Waals surface area contributed by atoms with Crippen LogP contribution in [-0.2, 0) is 0 Å². The minimum absolute atomic E-state index is 0.186. The smallest absolute Gasteiger partial charge is 0.138 e. The number of aromatic nitrogens is 2. The van der Waals surface area contributed by atoms with E-state index in [2.05, 4.69) is 23.4 Å². The van der Waals surface area contributed by atoms with Crippen LogP contribution in [0.5, 0.6) is 0 Å². The van der Waals surface area contributed by atoms with E-state index in [4.69, 9.17) is 11.6 Å². The summed E-state index contributed by atoms with van der Waals surface area (Å²) in [7, 11) is 0. The number of imidazole rings is 1. The molecular weight excluding hydrogens is 378 g/mol. The van der Waals surface area contributed by atoms with Crippen molar-refractivity contribution in [3.63, 3.8) is 0 Å². The zero-order chi connectivity index (χ0) is 14.2. The fraction of sp³-hybridized carbons (Fsp3) is 0.500. The van der Waals surface area contributed by atoms with Crippen molar-refractivity contribution in [3.05, 3.63) is 27.3 Å². The lowest BCUT2D eigenvalue weighted by Crippen LogP contribution is -2.11. The molecule has 0 aliphatic carbocycles. The van der Waals surface area contributed by atoms with Gasteiger partial charge in [-0.1, -0.05) is 13.8 Å². The molecule has 2 aromatic rings. The number of fused-ring (bicyclic) bond motifs is 1. The average Bonchev–Trinajstić information content (AvgIpc) is 2.71. The summed E-state index contributed by atoms with van der Waals surface area (Å²) in [5.41, 5.74) is 1.66. The van der Waals surface area contributed by atoms with Crippen molar-refractivity contribution in [3.8, 4) is 0 Å². The predicted octanol–water partition coefficient (Wildman–Crippen LogP) is 5.44. The van der Waals surface area contributed by atoms with Gasteiger partial charge in [0.15, 0.2) is 0 Å².